The highest BCUT2D eigenvalue weighted by atomic mass is 32.1. The van der Waals surface area contributed by atoms with Crippen LogP contribution in [0, 0.1) is 24.2 Å². The number of aromatic nitrogens is 3. The van der Waals surface area contributed by atoms with E-state index in [2.05, 4.69) is 56.5 Å². The number of fused-ring (bicyclic) bond motifs is 2. The summed E-state index contributed by atoms with van der Waals surface area (Å²) < 4.78 is 40.8. The lowest BCUT2D eigenvalue weighted by Crippen LogP contribution is -2.39. The predicted molar refractivity (Wildman–Crippen MR) is 165 cm³/mol. The SMILES string of the molecule is C=CC(=O)N1CCC(Cn2c(C#N)cc3c(C)c(CN4CCC(Nc5ncnc6sc(CC(F)(F)F)cc56)CC4)ccc32)C1. The van der Waals surface area contributed by atoms with E-state index in [-0.39, 0.29) is 22.7 Å². The number of nitrogens with zero attached hydrogens (tertiary/aromatic N) is 6. The fourth-order valence-electron chi connectivity index (χ4n) is 6.53. The number of hydrogen-bond donors (Lipinski definition) is 1. The number of alkyl halides is 3. The number of thiophene rings is 1. The number of carbonyl (C=O) groups is 1. The molecule has 44 heavy (non-hydrogen) atoms. The molecule has 2 aliphatic rings. The standard InChI is InChI=1S/C32H34F3N7OS/c1-3-29(43)41-11-6-21(16-41)17-42-24(15-36)12-26-20(2)22(4-5-28(26)42)18-40-9-7-23(8-10-40)39-30-27-13-25(14-32(33,34)35)44-31(27)38-19-37-30/h3-5,12-13,19,21,23H,1,6-11,14,16-18H2,2H3,(H,37,38,39). The minimum atomic E-state index is -4.26. The van der Waals surface area contributed by atoms with E-state index in [4.69, 9.17) is 0 Å². The summed E-state index contributed by atoms with van der Waals surface area (Å²) in [7, 11) is 0. The zero-order valence-electron chi connectivity index (χ0n) is 24.5. The average Bonchev–Trinajstić information content (AvgIpc) is 3.72. The summed E-state index contributed by atoms with van der Waals surface area (Å²) in [5.41, 5.74) is 4.07. The molecule has 6 rings (SSSR count). The van der Waals surface area contributed by atoms with E-state index in [0.717, 1.165) is 61.1 Å². The Morgan fingerprint density at radius 3 is 2.70 bits per heavy atom. The quantitative estimate of drug-likeness (QED) is 0.241. The normalized spacial score (nSPS) is 18.2. The van der Waals surface area contributed by atoms with Gasteiger partial charge >= 0.3 is 6.18 Å². The molecule has 5 heterocycles. The molecule has 4 aromatic rings. The first-order chi connectivity index (χ1) is 21.1. The largest absolute Gasteiger partial charge is 0.393 e. The topological polar surface area (TPSA) is 90.1 Å². The summed E-state index contributed by atoms with van der Waals surface area (Å²) in [6, 6.07) is 10.4. The van der Waals surface area contributed by atoms with Gasteiger partial charge in [-0.1, -0.05) is 12.6 Å². The molecule has 2 saturated heterocycles. The van der Waals surface area contributed by atoms with Crippen molar-refractivity contribution in [2.75, 3.05) is 31.5 Å². The summed E-state index contributed by atoms with van der Waals surface area (Å²) in [6.07, 6.45) is 0.216. The minimum Gasteiger partial charge on any atom is -0.367 e. The van der Waals surface area contributed by atoms with Crippen LogP contribution in [-0.2, 0) is 24.3 Å². The summed E-state index contributed by atoms with van der Waals surface area (Å²) >= 11 is 1.06. The number of nitriles is 1. The van der Waals surface area contributed by atoms with Crippen LogP contribution in [-0.4, -0.2) is 68.6 Å². The van der Waals surface area contributed by atoms with E-state index in [1.54, 1.807) is 6.07 Å². The van der Waals surface area contributed by atoms with E-state index in [1.165, 1.54) is 23.5 Å². The van der Waals surface area contributed by atoms with Crippen molar-refractivity contribution in [1.82, 2.24) is 24.3 Å². The van der Waals surface area contributed by atoms with Crippen molar-refractivity contribution < 1.29 is 18.0 Å². The second-order valence-electron chi connectivity index (χ2n) is 11.8. The Morgan fingerprint density at radius 2 is 1.98 bits per heavy atom. The highest BCUT2D eigenvalue weighted by molar-refractivity contribution is 7.18. The molecule has 230 valence electrons. The highest BCUT2D eigenvalue weighted by Crippen LogP contribution is 2.34. The van der Waals surface area contributed by atoms with Gasteiger partial charge in [0.2, 0.25) is 5.91 Å². The average molecular weight is 622 g/mol. The molecule has 1 unspecified atom stereocenters. The van der Waals surface area contributed by atoms with E-state index in [9.17, 15) is 23.2 Å². The molecule has 1 amide bonds. The molecule has 12 heteroatoms. The van der Waals surface area contributed by atoms with Gasteiger partial charge in [0.25, 0.3) is 0 Å². The number of amides is 1. The van der Waals surface area contributed by atoms with Gasteiger partial charge in [-0.2, -0.15) is 18.4 Å². The Balaban J connectivity index is 1.10. The Kier molecular flexibility index (Phi) is 8.35. The number of carbonyl (C=O) groups excluding carboxylic acids is 1. The molecule has 2 fully saturated rings. The molecule has 1 atom stereocenters. The van der Waals surface area contributed by atoms with Crippen LogP contribution in [0.1, 0.15) is 41.0 Å². The number of hydrogen-bond acceptors (Lipinski definition) is 7. The number of piperidine rings is 1. The lowest BCUT2D eigenvalue weighted by atomic mass is 10.0. The van der Waals surface area contributed by atoms with Crippen molar-refractivity contribution in [3.05, 3.63) is 64.9 Å². The summed E-state index contributed by atoms with van der Waals surface area (Å²) in [5, 5.41) is 15.1. The number of anilines is 1. The monoisotopic (exact) mass is 621 g/mol. The van der Waals surface area contributed by atoms with E-state index < -0.39 is 12.6 Å². The van der Waals surface area contributed by atoms with Crippen LogP contribution in [0.5, 0.6) is 0 Å². The Bertz CT molecular complexity index is 1750. The van der Waals surface area contributed by atoms with Crippen molar-refractivity contribution in [3.8, 4) is 6.07 Å². The van der Waals surface area contributed by atoms with Crippen molar-refractivity contribution in [2.45, 2.75) is 57.9 Å². The first-order valence-corrected chi connectivity index (χ1v) is 15.7. The molecule has 1 N–H and O–H groups in total. The van der Waals surface area contributed by atoms with Gasteiger partial charge in [0.1, 0.15) is 28.7 Å². The number of rotatable bonds is 8. The first-order valence-electron chi connectivity index (χ1n) is 14.8. The molecule has 0 spiro atoms. The summed E-state index contributed by atoms with van der Waals surface area (Å²) in [5.74, 6) is 0.837. The molecule has 8 nitrogen and oxygen atoms in total. The van der Waals surface area contributed by atoms with Crippen LogP contribution in [0.2, 0.25) is 0 Å². The van der Waals surface area contributed by atoms with Gasteiger partial charge < -0.3 is 14.8 Å². The number of likely N-dealkylation sites (tertiary alicyclic amines) is 2. The summed E-state index contributed by atoms with van der Waals surface area (Å²) in [6.45, 7) is 10.3. The van der Waals surface area contributed by atoms with Gasteiger partial charge in [-0.25, -0.2) is 9.97 Å². The maximum Gasteiger partial charge on any atom is 0.393 e. The third-order valence-electron chi connectivity index (χ3n) is 8.87. The maximum atomic E-state index is 12.9. The van der Waals surface area contributed by atoms with Crippen molar-refractivity contribution >= 4 is 44.2 Å². The molecule has 3 aromatic heterocycles. The second kappa shape index (κ2) is 12.2. The van der Waals surface area contributed by atoms with Gasteiger partial charge in [0, 0.05) is 61.1 Å². The fraction of sp³-hybridized carbons (Fsp3) is 0.438. The van der Waals surface area contributed by atoms with Crippen LogP contribution in [0.3, 0.4) is 0 Å². The van der Waals surface area contributed by atoms with Crippen LogP contribution >= 0.6 is 11.3 Å². The minimum absolute atomic E-state index is 0.0436. The Morgan fingerprint density at radius 1 is 1.18 bits per heavy atom. The van der Waals surface area contributed by atoms with Gasteiger partial charge in [-0.05, 0) is 67.5 Å². The van der Waals surface area contributed by atoms with Crippen LogP contribution in [0.15, 0.2) is 43.2 Å². The number of aryl methyl sites for hydroxylation is 1. The van der Waals surface area contributed by atoms with E-state index >= 15 is 0 Å². The maximum absolute atomic E-state index is 12.9. The van der Waals surface area contributed by atoms with Crippen LogP contribution in [0.4, 0.5) is 19.0 Å². The van der Waals surface area contributed by atoms with Crippen molar-refractivity contribution in [1.29, 1.82) is 5.26 Å². The van der Waals surface area contributed by atoms with Gasteiger partial charge in [-0.15, -0.1) is 11.3 Å². The zero-order chi connectivity index (χ0) is 31.0. The molecule has 2 aliphatic heterocycles. The van der Waals surface area contributed by atoms with Gasteiger partial charge in [-0.3, -0.25) is 9.69 Å². The third-order valence-corrected chi connectivity index (χ3v) is 9.91. The zero-order valence-corrected chi connectivity index (χ0v) is 25.3. The summed E-state index contributed by atoms with van der Waals surface area (Å²) in [4.78, 5) is 25.6. The lowest BCUT2D eigenvalue weighted by molar-refractivity contribution is -0.127. The van der Waals surface area contributed by atoms with Gasteiger partial charge in [0.05, 0.1) is 11.8 Å². The molecule has 0 radical (unpaired) electrons. The van der Waals surface area contributed by atoms with E-state index in [1.807, 2.05) is 11.0 Å². The second-order valence-corrected chi connectivity index (χ2v) is 12.9. The van der Waals surface area contributed by atoms with E-state index in [0.29, 0.717) is 41.4 Å². The van der Waals surface area contributed by atoms with Crippen molar-refractivity contribution in [2.24, 2.45) is 5.92 Å². The van der Waals surface area contributed by atoms with Gasteiger partial charge in [0.15, 0.2) is 0 Å². The van der Waals surface area contributed by atoms with Crippen LogP contribution < -0.4 is 5.32 Å². The van der Waals surface area contributed by atoms with Crippen LogP contribution in [0.25, 0.3) is 21.1 Å². The molecular weight excluding hydrogens is 587 g/mol. The smallest absolute Gasteiger partial charge is 0.367 e. The lowest BCUT2D eigenvalue weighted by Gasteiger charge is -2.33. The molecule has 0 bridgehead atoms. The Labute approximate surface area is 257 Å². The molecule has 1 aromatic carbocycles. The third kappa shape index (κ3) is 6.30. The fourth-order valence-corrected chi connectivity index (χ4v) is 7.55. The Hall–Kier alpha value is -3.95. The number of halogens is 3. The molecule has 0 aliphatic carbocycles. The number of nitrogens with one attached hydrogen (secondary N) is 1. The molecular formula is C32H34F3N7OS. The highest BCUT2D eigenvalue weighted by Gasteiger charge is 2.30. The van der Waals surface area contributed by atoms with Crippen molar-refractivity contribution in [3.63, 3.8) is 0 Å². The predicted octanol–water partition coefficient (Wildman–Crippen LogP) is 6.04. The molecule has 0 saturated carbocycles. The first kappa shape index (κ1) is 30.1. The number of benzene rings is 1.